The number of sulfonamides is 1. The Balaban J connectivity index is 2.13. The van der Waals surface area contributed by atoms with Gasteiger partial charge >= 0.3 is 12.1 Å². The maximum atomic E-state index is 13.2. The predicted molar refractivity (Wildman–Crippen MR) is 94.1 cm³/mol. The van der Waals surface area contributed by atoms with Crippen LogP contribution >= 0.6 is 11.6 Å². The van der Waals surface area contributed by atoms with Crippen molar-refractivity contribution >= 4 is 39.1 Å². The van der Waals surface area contributed by atoms with Gasteiger partial charge in [-0.05, 0) is 25.1 Å². The van der Waals surface area contributed by atoms with Gasteiger partial charge in [-0.25, -0.2) is 9.78 Å². The molecule has 0 aliphatic heterocycles. The lowest BCUT2D eigenvalue weighted by molar-refractivity contribution is -0.142. The molecule has 3 rings (SSSR count). The zero-order valence-electron chi connectivity index (χ0n) is 14.7. The molecule has 1 aromatic carbocycles. The van der Waals surface area contributed by atoms with E-state index >= 15 is 0 Å². The molecule has 9 nitrogen and oxygen atoms in total. The lowest BCUT2D eigenvalue weighted by atomic mass is 10.2. The number of carbonyl (C=O) groups is 1. The maximum Gasteiger partial charge on any atom is 0.433 e. The average molecular weight is 450 g/mol. The summed E-state index contributed by atoms with van der Waals surface area (Å²) in [6.45, 7) is 1.29. The monoisotopic (exact) mass is 449 g/mol. The molecule has 1 N–H and O–H groups in total. The first-order valence-corrected chi connectivity index (χ1v) is 9.51. The summed E-state index contributed by atoms with van der Waals surface area (Å²) in [6, 6.07) is 4.64. The number of nitrogens with one attached hydrogen (secondary N) is 1. The molecular formula is C15H11ClF3N5O4S. The molecule has 0 unspecified atom stereocenters. The number of anilines is 1. The Morgan fingerprint density at radius 1 is 1.28 bits per heavy atom. The number of carbonyl (C=O) groups excluding carboxylic acids is 1. The summed E-state index contributed by atoms with van der Waals surface area (Å²) in [5, 5.41) is 2.29. The van der Waals surface area contributed by atoms with Crippen molar-refractivity contribution < 1.29 is 31.1 Å². The normalized spacial score (nSPS) is 12.2. The van der Waals surface area contributed by atoms with Crippen LogP contribution in [0.15, 0.2) is 29.4 Å². The molecule has 3 aromatic rings. The average Bonchev–Trinajstić information content (AvgIpc) is 3.05. The van der Waals surface area contributed by atoms with E-state index in [1.54, 1.807) is 0 Å². The number of benzene rings is 1. The molecule has 14 heteroatoms. The van der Waals surface area contributed by atoms with E-state index in [2.05, 4.69) is 19.8 Å². The highest BCUT2D eigenvalue weighted by atomic mass is 35.5. The summed E-state index contributed by atoms with van der Waals surface area (Å²) in [5.41, 5.74) is -1.83. The molecular weight excluding hydrogens is 439 g/mol. The first-order chi connectivity index (χ1) is 13.4. The molecule has 0 atom stereocenters. The molecule has 0 aliphatic carbocycles. The van der Waals surface area contributed by atoms with Gasteiger partial charge in [-0.15, -0.1) is 5.10 Å². The number of nitrogens with zero attached hydrogens (tertiary/aromatic N) is 4. The van der Waals surface area contributed by atoms with E-state index in [9.17, 15) is 26.4 Å². The zero-order chi connectivity index (χ0) is 21.6. The first-order valence-electron chi connectivity index (χ1n) is 7.65. The fourth-order valence-electron chi connectivity index (χ4n) is 2.37. The van der Waals surface area contributed by atoms with Crippen molar-refractivity contribution in [3.8, 4) is 0 Å². The molecule has 0 aliphatic rings. The highest BCUT2D eigenvalue weighted by Crippen LogP contribution is 2.31. The number of halogens is 4. The fourth-order valence-corrected chi connectivity index (χ4v) is 3.62. The number of hydrogen-bond donors (Lipinski definition) is 1. The molecule has 0 saturated heterocycles. The van der Waals surface area contributed by atoms with Crippen LogP contribution in [0, 0.1) is 6.92 Å². The van der Waals surface area contributed by atoms with Gasteiger partial charge in [0, 0.05) is 5.69 Å². The van der Waals surface area contributed by atoms with Gasteiger partial charge < -0.3 is 4.74 Å². The van der Waals surface area contributed by atoms with Crippen LogP contribution in [0.5, 0.6) is 0 Å². The Kier molecular flexibility index (Phi) is 5.13. The Morgan fingerprint density at radius 2 is 1.97 bits per heavy atom. The SMILES string of the molecule is COC(=O)c1cccc(Cl)c1NS(=O)(=O)c1nc2nc(C)cc(C(F)(F)F)n2n1. The second-order valence-corrected chi connectivity index (χ2v) is 7.63. The van der Waals surface area contributed by atoms with Gasteiger partial charge in [-0.2, -0.15) is 31.1 Å². The van der Waals surface area contributed by atoms with Crippen molar-refractivity contribution in [2.75, 3.05) is 11.8 Å². The molecule has 2 aromatic heterocycles. The summed E-state index contributed by atoms with van der Waals surface area (Å²) in [4.78, 5) is 19.2. The molecule has 0 saturated carbocycles. The second kappa shape index (κ2) is 7.15. The molecule has 2 heterocycles. The van der Waals surface area contributed by atoms with Crippen molar-refractivity contribution in [2.45, 2.75) is 18.3 Å². The number of ether oxygens (including phenoxy) is 1. The Bertz CT molecular complexity index is 1230. The molecule has 154 valence electrons. The van der Waals surface area contributed by atoms with Crippen molar-refractivity contribution in [3.05, 3.63) is 46.2 Å². The molecule has 0 bridgehead atoms. The van der Waals surface area contributed by atoms with Crippen molar-refractivity contribution in [1.29, 1.82) is 0 Å². The van der Waals surface area contributed by atoms with Gasteiger partial charge in [-0.1, -0.05) is 17.7 Å². The topological polar surface area (TPSA) is 116 Å². The number of aryl methyl sites for hydroxylation is 1. The summed E-state index contributed by atoms with van der Waals surface area (Å²) in [6.07, 6.45) is -4.82. The molecule has 0 spiro atoms. The number of rotatable bonds is 4. The maximum absolute atomic E-state index is 13.2. The van der Waals surface area contributed by atoms with Gasteiger partial charge in [0.25, 0.3) is 21.0 Å². The lowest BCUT2D eigenvalue weighted by Gasteiger charge is -2.11. The standard InChI is InChI=1S/C15H11ClF3N5O4S/c1-7-6-10(15(17,18)19)24-13(20-7)21-14(22-24)29(26,27)23-11-8(12(25)28-2)4-3-5-9(11)16/h3-6,23H,1-2H3. The minimum Gasteiger partial charge on any atom is -0.465 e. The number of aromatic nitrogens is 4. The van der Waals surface area contributed by atoms with Crippen LogP contribution < -0.4 is 4.72 Å². The minimum atomic E-state index is -4.82. The molecule has 29 heavy (non-hydrogen) atoms. The fraction of sp³-hybridized carbons (Fsp3) is 0.200. The number of esters is 1. The highest BCUT2D eigenvalue weighted by Gasteiger charge is 2.36. The van der Waals surface area contributed by atoms with Crippen LogP contribution in [0.1, 0.15) is 21.7 Å². The lowest BCUT2D eigenvalue weighted by Crippen LogP contribution is -2.18. The van der Waals surface area contributed by atoms with Gasteiger partial charge in [0.05, 0.1) is 23.4 Å². The summed E-state index contributed by atoms with van der Waals surface area (Å²) >= 11 is 5.97. The molecule has 0 amide bonds. The van der Waals surface area contributed by atoms with Crippen LogP contribution in [-0.4, -0.2) is 41.1 Å². The van der Waals surface area contributed by atoms with E-state index in [0.29, 0.717) is 6.07 Å². The van der Waals surface area contributed by atoms with Crippen LogP contribution in [0.25, 0.3) is 5.78 Å². The largest absolute Gasteiger partial charge is 0.465 e. The summed E-state index contributed by atoms with van der Waals surface area (Å²) in [7, 11) is -3.55. The number of alkyl halides is 3. The Hall–Kier alpha value is -2.93. The van der Waals surface area contributed by atoms with E-state index < -0.39 is 38.8 Å². The highest BCUT2D eigenvalue weighted by molar-refractivity contribution is 7.92. The van der Waals surface area contributed by atoms with E-state index in [-0.39, 0.29) is 26.5 Å². The van der Waals surface area contributed by atoms with E-state index in [4.69, 9.17) is 11.6 Å². The van der Waals surface area contributed by atoms with E-state index in [0.717, 1.165) is 7.11 Å². The zero-order valence-corrected chi connectivity index (χ0v) is 16.2. The van der Waals surface area contributed by atoms with Crippen LogP contribution in [0.2, 0.25) is 5.02 Å². The third kappa shape index (κ3) is 3.96. The van der Waals surface area contributed by atoms with Crippen LogP contribution in [-0.2, 0) is 20.9 Å². The summed E-state index contributed by atoms with van der Waals surface area (Å²) < 4.78 is 71.9. The number of para-hydroxylation sites is 1. The Morgan fingerprint density at radius 3 is 2.59 bits per heavy atom. The van der Waals surface area contributed by atoms with E-state index in [1.165, 1.54) is 25.1 Å². The summed E-state index contributed by atoms with van der Waals surface area (Å²) in [5.74, 6) is -1.45. The molecule has 0 radical (unpaired) electrons. The third-order valence-corrected chi connectivity index (χ3v) is 5.05. The van der Waals surface area contributed by atoms with E-state index in [1.807, 2.05) is 4.72 Å². The quantitative estimate of drug-likeness (QED) is 0.609. The number of hydrogen-bond acceptors (Lipinski definition) is 7. The third-order valence-electron chi connectivity index (χ3n) is 3.61. The number of fused-ring (bicyclic) bond motifs is 1. The van der Waals surface area contributed by atoms with Crippen molar-refractivity contribution in [2.24, 2.45) is 0 Å². The van der Waals surface area contributed by atoms with Crippen LogP contribution in [0.3, 0.4) is 0 Å². The molecule has 0 fully saturated rings. The minimum absolute atomic E-state index is 0.0341. The van der Waals surface area contributed by atoms with Gasteiger partial charge in [0.15, 0.2) is 5.69 Å². The first kappa shape index (κ1) is 20.8. The van der Waals surface area contributed by atoms with Crippen molar-refractivity contribution in [1.82, 2.24) is 19.6 Å². The number of methoxy groups -OCH3 is 1. The smallest absolute Gasteiger partial charge is 0.433 e. The van der Waals surface area contributed by atoms with Gasteiger partial charge in [-0.3, -0.25) is 4.72 Å². The van der Waals surface area contributed by atoms with Crippen LogP contribution in [0.4, 0.5) is 18.9 Å². The van der Waals surface area contributed by atoms with Gasteiger partial charge in [0.1, 0.15) is 0 Å². The Labute approximate surface area is 166 Å². The second-order valence-electron chi connectivity index (χ2n) is 5.65. The predicted octanol–water partition coefficient (Wildman–Crippen LogP) is 2.69. The van der Waals surface area contributed by atoms with Crippen molar-refractivity contribution in [3.63, 3.8) is 0 Å². The van der Waals surface area contributed by atoms with Gasteiger partial charge in [0.2, 0.25) is 0 Å².